The first kappa shape index (κ1) is 17.4. The Labute approximate surface area is 127 Å². The van der Waals surface area contributed by atoms with E-state index < -0.39 is 23.4 Å². The Hall–Kier alpha value is -2.70. The van der Waals surface area contributed by atoms with Crippen LogP contribution in [-0.2, 0) is 25.7 Å². The smallest absolute Gasteiger partial charge is 0.364 e. The van der Waals surface area contributed by atoms with Gasteiger partial charge < -0.3 is 14.6 Å². The van der Waals surface area contributed by atoms with Crippen LogP contribution >= 0.6 is 0 Å². The van der Waals surface area contributed by atoms with Gasteiger partial charge in [0.25, 0.3) is 0 Å². The first-order valence-corrected chi connectivity index (χ1v) is 6.70. The minimum atomic E-state index is -1.04. The summed E-state index contributed by atoms with van der Waals surface area (Å²) in [6.07, 6.45) is -0.384. The number of carbonyl (C=O) groups is 2. The van der Waals surface area contributed by atoms with Gasteiger partial charge in [-0.3, -0.25) is 4.79 Å². The third kappa shape index (κ3) is 5.74. The molecule has 0 bridgehead atoms. The summed E-state index contributed by atoms with van der Waals surface area (Å²) in [5.74, 6) is -2.18. The molecule has 0 heterocycles. The predicted molar refractivity (Wildman–Crippen MR) is 77.6 cm³/mol. The fraction of sp³-hybridized carbons (Fsp3) is 0.333. The van der Waals surface area contributed by atoms with E-state index >= 15 is 0 Å². The predicted octanol–water partition coefficient (Wildman–Crippen LogP) is 2.61. The molecule has 0 aromatic heterocycles. The lowest BCUT2D eigenvalue weighted by atomic mass is 10.2. The Bertz CT molecular complexity index is 552. The largest absolute Gasteiger partial charge is 0.510 e. The molecule has 0 fully saturated rings. The van der Waals surface area contributed by atoms with E-state index in [2.05, 4.69) is 9.91 Å². The monoisotopic (exact) mass is 307 g/mol. The van der Waals surface area contributed by atoms with Crippen molar-refractivity contribution in [1.82, 2.24) is 0 Å². The number of aliphatic hydroxyl groups is 1. The van der Waals surface area contributed by atoms with Crippen molar-refractivity contribution in [2.24, 2.45) is 5.18 Å². The summed E-state index contributed by atoms with van der Waals surface area (Å²) in [5.41, 5.74) is -0.00709. The number of ether oxygens (including phenoxy) is 2. The lowest BCUT2D eigenvalue weighted by Crippen LogP contribution is -2.10. The number of nitrogens with zero attached hydrogens (tertiary/aromatic N) is 1. The molecule has 22 heavy (non-hydrogen) atoms. The molecule has 0 atom stereocenters. The molecular formula is C15H17NO6. The van der Waals surface area contributed by atoms with Crippen molar-refractivity contribution < 1.29 is 24.2 Å². The summed E-state index contributed by atoms with van der Waals surface area (Å²) in [6.45, 7) is 1.80. The van der Waals surface area contributed by atoms with Crippen LogP contribution in [0.25, 0.3) is 0 Å². The van der Waals surface area contributed by atoms with Gasteiger partial charge in [0, 0.05) is 6.42 Å². The van der Waals surface area contributed by atoms with Gasteiger partial charge in [0.15, 0.2) is 0 Å². The maximum Gasteiger partial charge on any atom is 0.364 e. The Morgan fingerprint density at radius 2 is 1.82 bits per heavy atom. The Morgan fingerprint density at radius 1 is 1.14 bits per heavy atom. The van der Waals surface area contributed by atoms with Crippen LogP contribution in [0.1, 0.15) is 25.3 Å². The summed E-state index contributed by atoms with van der Waals surface area (Å²) in [4.78, 5) is 33.6. The molecule has 0 saturated heterocycles. The van der Waals surface area contributed by atoms with Crippen LogP contribution < -0.4 is 0 Å². The first-order chi connectivity index (χ1) is 10.6. The first-order valence-electron chi connectivity index (χ1n) is 6.70. The number of nitroso groups, excluding NO2 is 1. The third-order valence-corrected chi connectivity index (χ3v) is 2.64. The van der Waals surface area contributed by atoms with E-state index in [1.807, 2.05) is 6.07 Å². The van der Waals surface area contributed by atoms with Crippen molar-refractivity contribution in [2.75, 3.05) is 6.61 Å². The zero-order chi connectivity index (χ0) is 16.4. The molecule has 1 rings (SSSR count). The molecule has 0 amide bonds. The molecule has 0 saturated carbocycles. The summed E-state index contributed by atoms with van der Waals surface area (Å²) < 4.78 is 9.56. The van der Waals surface area contributed by atoms with Gasteiger partial charge in [-0.05, 0) is 17.7 Å². The average Bonchev–Trinajstić information content (AvgIpc) is 2.53. The average molecular weight is 307 g/mol. The summed E-state index contributed by atoms with van der Waals surface area (Å²) >= 11 is 0. The lowest BCUT2D eigenvalue weighted by molar-refractivity contribution is -0.143. The molecule has 0 aliphatic carbocycles. The fourth-order valence-corrected chi connectivity index (χ4v) is 1.57. The molecule has 1 N–H and O–H groups in total. The number of allylic oxidation sites excluding steroid dienone is 1. The van der Waals surface area contributed by atoms with E-state index in [0.29, 0.717) is 0 Å². The number of hydrogen-bond donors (Lipinski definition) is 1. The van der Waals surface area contributed by atoms with Gasteiger partial charge in [-0.1, -0.05) is 30.3 Å². The highest BCUT2D eigenvalue weighted by Gasteiger charge is 2.19. The summed E-state index contributed by atoms with van der Waals surface area (Å²) in [6, 6.07) is 8.84. The van der Waals surface area contributed by atoms with Gasteiger partial charge in [0.2, 0.25) is 5.70 Å². The summed E-state index contributed by atoms with van der Waals surface area (Å²) in [5, 5.41) is 12.1. The normalized spacial score (nSPS) is 11.3. The van der Waals surface area contributed by atoms with Crippen LogP contribution in [0.4, 0.5) is 0 Å². The zero-order valence-electron chi connectivity index (χ0n) is 12.2. The van der Waals surface area contributed by atoms with Gasteiger partial charge in [-0.15, -0.1) is 4.91 Å². The number of hydrogen-bond acceptors (Lipinski definition) is 7. The summed E-state index contributed by atoms with van der Waals surface area (Å²) in [7, 11) is 0. The highest BCUT2D eigenvalue weighted by Crippen LogP contribution is 2.13. The highest BCUT2D eigenvalue weighted by atomic mass is 16.5. The second kappa shape index (κ2) is 9.28. The van der Waals surface area contributed by atoms with Gasteiger partial charge in [0.1, 0.15) is 12.4 Å². The number of benzene rings is 1. The Morgan fingerprint density at radius 3 is 2.41 bits per heavy atom. The van der Waals surface area contributed by atoms with Crippen LogP contribution in [-0.4, -0.2) is 23.7 Å². The molecule has 1 aromatic carbocycles. The van der Waals surface area contributed by atoms with Crippen LogP contribution in [0.5, 0.6) is 0 Å². The van der Waals surface area contributed by atoms with Gasteiger partial charge in [-0.25, -0.2) is 4.79 Å². The van der Waals surface area contributed by atoms with Crippen molar-refractivity contribution in [2.45, 2.75) is 26.4 Å². The number of rotatable bonds is 8. The Kier molecular flexibility index (Phi) is 7.32. The van der Waals surface area contributed by atoms with Crippen LogP contribution in [0.3, 0.4) is 0 Å². The van der Waals surface area contributed by atoms with E-state index in [1.54, 1.807) is 31.2 Å². The second-order valence-corrected chi connectivity index (χ2v) is 4.25. The number of aliphatic hydroxyl groups excluding tert-OH is 1. The highest BCUT2D eigenvalue weighted by molar-refractivity contribution is 5.88. The molecular weight excluding hydrogens is 290 g/mol. The SMILES string of the molecule is CCOC(=O)CC/C(O)=C(\N=O)C(=O)OCc1ccccc1. The van der Waals surface area contributed by atoms with Crippen molar-refractivity contribution in [1.29, 1.82) is 0 Å². The van der Waals surface area contributed by atoms with E-state index in [-0.39, 0.29) is 26.1 Å². The van der Waals surface area contributed by atoms with Crippen LogP contribution in [0, 0.1) is 4.91 Å². The van der Waals surface area contributed by atoms with Crippen molar-refractivity contribution in [3.63, 3.8) is 0 Å². The molecule has 0 aliphatic heterocycles. The Balaban J connectivity index is 2.60. The topological polar surface area (TPSA) is 102 Å². The molecule has 0 radical (unpaired) electrons. The molecule has 1 aromatic rings. The van der Waals surface area contributed by atoms with Crippen molar-refractivity contribution in [3.05, 3.63) is 52.3 Å². The number of carbonyl (C=O) groups excluding carboxylic acids is 2. The van der Waals surface area contributed by atoms with E-state index in [9.17, 15) is 19.6 Å². The van der Waals surface area contributed by atoms with E-state index in [1.165, 1.54) is 0 Å². The standard InChI is InChI=1S/C15H17NO6/c1-2-21-13(18)9-8-12(17)14(16-20)15(19)22-10-11-6-4-3-5-7-11/h3-7,17H,2,8-10H2,1H3/b14-12+. The van der Waals surface area contributed by atoms with Crippen molar-refractivity contribution in [3.8, 4) is 0 Å². The molecule has 7 nitrogen and oxygen atoms in total. The second-order valence-electron chi connectivity index (χ2n) is 4.25. The fourth-order valence-electron chi connectivity index (χ4n) is 1.57. The molecule has 0 aliphatic rings. The minimum absolute atomic E-state index is 0.0517. The molecule has 0 spiro atoms. The lowest BCUT2D eigenvalue weighted by Gasteiger charge is -2.06. The maximum absolute atomic E-state index is 11.7. The van der Waals surface area contributed by atoms with E-state index in [0.717, 1.165) is 5.56 Å². The maximum atomic E-state index is 11.7. The van der Waals surface area contributed by atoms with Gasteiger partial charge >= 0.3 is 11.9 Å². The van der Waals surface area contributed by atoms with Gasteiger partial charge in [-0.2, -0.15) is 0 Å². The van der Waals surface area contributed by atoms with E-state index in [4.69, 9.17) is 4.74 Å². The molecule has 0 unspecified atom stereocenters. The zero-order valence-corrected chi connectivity index (χ0v) is 12.2. The molecule has 7 heteroatoms. The third-order valence-electron chi connectivity index (χ3n) is 2.64. The van der Waals surface area contributed by atoms with Crippen LogP contribution in [0.15, 0.2) is 47.0 Å². The molecule has 118 valence electrons. The minimum Gasteiger partial charge on any atom is -0.510 e. The van der Waals surface area contributed by atoms with Crippen molar-refractivity contribution >= 4 is 11.9 Å². The quantitative estimate of drug-likeness (QED) is 0.343. The number of esters is 2. The van der Waals surface area contributed by atoms with Crippen LogP contribution in [0.2, 0.25) is 0 Å². The van der Waals surface area contributed by atoms with Gasteiger partial charge in [0.05, 0.1) is 13.0 Å².